The van der Waals surface area contributed by atoms with Crippen LogP contribution in [-0.4, -0.2) is 30.8 Å². The molecule has 0 aromatic carbocycles. The summed E-state index contributed by atoms with van der Waals surface area (Å²) in [5.41, 5.74) is -0.575. The molecule has 0 aliphatic heterocycles. The van der Waals surface area contributed by atoms with E-state index in [1.54, 1.807) is 20.8 Å². The van der Waals surface area contributed by atoms with Crippen molar-refractivity contribution in [3.05, 3.63) is 0 Å². The summed E-state index contributed by atoms with van der Waals surface area (Å²) in [4.78, 5) is 23.1. The van der Waals surface area contributed by atoms with Gasteiger partial charge in [-0.25, -0.2) is 9.59 Å². The fourth-order valence-corrected chi connectivity index (χ4v) is 1.44. The Morgan fingerprint density at radius 2 is 1.83 bits per heavy atom. The van der Waals surface area contributed by atoms with E-state index in [0.717, 1.165) is 19.3 Å². The zero-order valence-electron chi connectivity index (χ0n) is 12.0. The zero-order valence-corrected chi connectivity index (χ0v) is 12.0. The number of rotatable bonds is 6. The van der Waals surface area contributed by atoms with E-state index < -0.39 is 23.7 Å². The third-order valence-corrected chi connectivity index (χ3v) is 2.27. The van der Waals surface area contributed by atoms with Crippen LogP contribution in [0.15, 0.2) is 0 Å². The highest BCUT2D eigenvalue weighted by Gasteiger charge is 2.24. The second-order valence-corrected chi connectivity index (χ2v) is 5.22. The molecule has 0 aromatic heterocycles. The molecule has 0 saturated carbocycles. The Morgan fingerprint density at radius 3 is 2.28 bits per heavy atom. The van der Waals surface area contributed by atoms with Crippen LogP contribution in [0.25, 0.3) is 0 Å². The van der Waals surface area contributed by atoms with E-state index >= 15 is 0 Å². The van der Waals surface area contributed by atoms with E-state index in [9.17, 15) is 9.59 Å². The van der Waals surface area contributed by atoms with Gasteiger partial charge in [-0.05, 0) is 27.2 Å². The topological polar surface area (TPSA) is 64.6 Å². The second-order valence-electron chi connectivity index (χ2n) is 5.22. The van der Waals surface area contributed by atoms with Crippen LogP contribution in [0.5, 0.6) is 0 Å². The van der Waals surface area contributed by atoms with Gasteiger partial charge in [-0.2, -0.15) is 0 Å². The van der Waals surface area contributed by atoms with E-state index in [1.165, 1.54) is 7.11 Å². The van der Waals surface area contributed by atoms with Crippen LogP contribution < -0.4 is 5.32 Å². The molecule has 106 valence electrons. The molecule has 18 heavy (non-hydrogen) atoms. The van der Waals surface area contributed by atoms with E-state index in [0.29, 0.717) is 6.42 Å². The predicted octanol–water partition coefficient (Wildman–Crippen LogP) is 2.63. The quantitative estimate of drug-likeness (QED) is 0.588. The van der Waals surface area contributed by atoms with Gasteiger partial charge in [0.05, 0.1) is 7.11 Å². The maximum Gasteiger partial charge on any atom is 0.408 e. The van der Waals surface area contributed by atoms with Gasteiger partial charge in [0.15, 0.2) is 0 Å². The summed E-state index contributed by atoms with van der Waals surface area (Å²) in [6.07, 6.45) is 2.92. The van der Waals surface area contributed by atoms with E-state index in [2.05, 4.69) is 17.0 Å². The monoisotopic (exact) mass is 259 g/mol. The van der Waals surface area contributed by atoms with Crippen LogP contribution in [0.3, 0.4) is 0 Å². The summed E-state index contributed by atoms with van der Waals surface area (Å²) in [7, 11) is 1.31. The lowest BCUT2D eigenvalue weighted by molar-refractivity contribution is -0.143. The molecule has 0 fully saturated rings. The van der Waals surface area contributed by atoms with Gasteiger partial charge in [0.1, 0.15) is 11.6 Å². The van der Waals surface area contributed by atoms with Gasteiger partial charge in [0, 0.05) is 0 Å². The molecule has 0 heterocycles. The minimum atomic E-state index is -0.628. The van der Waals surface area contributed by atoms with Crippen molar-refractivity contribution in [2.45, 2.75) is 65.0 Å². The highest BCUT2D eigenvalue weighted by atomic mass is 16.6. The third kappa shape index (κ3) is 7.92. The first-order valence-corrected chi connectivity index (χ1v) is 6.37. The van der Waals surface area contributed by atoms with Crippen molar-refractivity contribution >= 4 is 12.1 Å². The maximum atomic E-state index is 11.6. The van der Waals surface area contributed by atoms with Gasteiger partial charge in [0.25, 0.3) is 0 Å². The molecule has 1 N–H and O–H groups in total. The van der Waals surface area contributed by atoms with Crippen LogP contribution >= 0.6 is 0 Å². The molecular weight excluding hydrogens is 234 g/mol. The molecule has 0 spiro atoms. The molecule has 0 aliphatic carbocycles. The minimum absolute atomic E-state index is 0.433. The summed E-state index contributed by atoms with van der Waals surface area (Å²) in [6.45, 7) is 7.40. The first kappa shape index (κ1) is 16.7. The number of methoxy groups -OCH3 is 1. The van der Waals surface area contributed by atoms with Crippen molar-refractivity contribution in [1.29, 1.82) is 0 Å². The lowest BCUT2D eigenvalue weighted by Gasteiger charge is -2.22. The van der Waals surface area contributed by atoms with Crippen LogP contribution in [0.4, 0.5) is 4.79 Å². The molecule has 0 unspecified atom stereocenters. The fourth-order valence-electron chi connectivity index (χ4n) is 1.44. The van der Waals surface area contributed by atoms with Gasteiger partial charge < -0.3 is 14.8 Å². The van der Waals surface area contributed by atoms with Gasteiger partial charge in [-0.15, -0.1) is 0 Å². The Bertz CT molecular complexity index is 271. The number of unbranched alkanes of at least 4 members (excludes halogenated alkanes) is 2. The Labute approximate surface area is 109 Å². The number of hydrogen-bond acceptors (Lipinski definition) is 4. The van der Waals surface area contributed by atoms with Gasteiger partial charge in [-0.1, -0.05) is 26.2 Å². The summed E-state index contributed by atoms with van der Waals surface area (Å²) < 4.78 is 9.78. The predicted molar refractivity (Wildman–Crippen MR) is 69.3 cm³/mol. The molecule has 0 saturated heterocycles. The summed E-state index contributed by atoms with van der Waals surface area (Å²) in [5.74, 6) is -0.433. The van der Waals surface area contributed by atoms with E-state index in [4.69, 9.17) is 4.74 Å². The number of carbonyl (C=O) groups is 2. The molecule has 0 radical (unpaired) electrons. The second kappa shape index (κ2) is 7.95. The van der Waals surface area contributed by atoms with Gasteiger partial charge >= 0.3 is 12.1 Å². The van der Waals surface area contributed by atoms with Gasteiger partial charge in [0.2, 0.25) is 0 Å². The first-order chi connectivity index (χ1) is 8.30. The molecule has 5 heteroatoms. The van der Waals surface area contributed by atoms with Crippen molar-refractivity contribution in [2.24, 2.45) is 0 Å². The number of ether oxygens (including phenoxy) is 2. The number of carbonyl (C=O) groups excluding carboxylic acids is 2. The number of alkyl carbamates (subject to hydrolysis) is 1. The average molecular weight is 259 g/mol. The molecule has 1 amide bonds. The maximum absolute atomic E-state index is 11.6. The number of esters is 1. The number of nitrogens with one attached hydrogen (secondary N) is 1. The smallest absolute Gasteiger partial charge is 0.408 e. The van der Waals surface area contributed by atoms with Crippen LogP contribution in [0.2, 0.25) is 0 Å². The molecule has 0 rings (SSSR count). The van der Waals surface area contributed by atoms with Crippen molar-refractivity contribution in [1.82, 2.24) is 5.32 Å². The molecular formula is C13H25NO4. The normalized spacial score (nSPS) is 12.7. The van der Waals surface area contributed by atoms with Crippen molar-refractivity contribution in [3.63, 3.8) is 0 Å². The SMILES string of the molecule is CCCCC[C@@H](NC(=O)OC(C)(C)C)C(=O)OC. The number of amides is 1. The van der Waals surface area contributed by atoms with E-state index in [-0.39, 0.29) is 0 Å². The lowest BCUT2D eigenvalue weighted by atomic mass is 10.1. The minimum Gasteiger partial charge on any atom is -0.467 e. The Balaban J connectivity index is 4.31. The molecule has 1 atom stereocenters. The van der Waals surface area contributed by atoms with Crippen LogP contribution in [-0.2, 0) is 14.3 Å². The Kier molecular flexibility index (Phi) is 7.39. The summed E-state index contributed by atoms with van der Waals surface area (Å²) in [5, 5.41) is 2.55. The fraction of sp³-hybridized carbons (Fsp3) is 0.846. The third-order valence-electron chi connectivity index (χ3n) is 2.27. The van der Waals surface area contributed by atoms with Crippen molar-refractivity contribution in [3.8, 4) is 0 Å². The largest absolute Gasteiger partial charge is 0.467 e. The zero-order chi connectivity index (χ0) is 14.2. The summed E-state index contributed by atoms with van der Waals surface area (Å²) in [6, 6.07) is -0.628. The van der Waals surface area contributed by atoms with Crippen molar-refractivity contribution in [2.75, 3.05) is 7.11 Å². The average Bonchev–Trinajstić information content (AvgIpc) is 2.24. The summed E-state index contributed by atoms with van der Waals surface area (Å²) >= 11 is 0. The standard InChI is InChI=1S/C13H25NO4/c1-6-7-8-9-10(11(15)17-5)14-12(16)18-13(2,3)4/h10H,6-9H2,1-5H3,(H,14,16)/t10-/m1/s1. The number of hydrogen-bond donors (Lipinski definition) is 1. The molecule has 0 aliphatic rings. The van der Waals surface area contributed by atoms with E-state index in [1.807, 2.05) is 0 Å². The molecule has 0 bridgehead atoms. The first-order valence-electron chi connectivity index (χ1n) is 6.37. The lowest BCUT2D eigenvalue weighted by Crippen LogP contribution is -2.44. The molecule has 0 aromatic rings. The molecule has 5 nitrogen and oxygen atoms in total. The van der Waals surface area contributed by atoms with Crippen LogP contribution in [0, 0.1) is 0 Å². The van der Waals surface area contributed by atoms with Crippen LogP contribution in [0.1, 0.15) is 53.4 Å². The highest BCUT2D eigenvalue weighted by Crippen LogP contribution is 2.09. The van der Waals surface area contributed by atoms with Gasteiger partial charge in [-0.3, -0.25) is 0 Å². The Hall–Kier alpha value is -1.26. The van der Waals surface area contributed by atoms with Crippen molar-refractivity contribution < 1.29 is 19.1 Å². The Morgan fingerprint density at radius 1 is 1.22 bits per heavy atom. The highest BCUT2D eigenvalue weighted by molar-refractivity contribution is 5.81.